The Kier molecular flexibility index (Phi) is 7.42. The average molecular weight is 394 g/mol. The Labute approximate surface area is 173 Å². The molecule has 0 bridgehead atoms. The van der Waals surface area contributed by atoms with E-state index in [0.29, 0.717) is 18.7 Å². The number of carbonyl (C=O) groups excluding carboxylic acids is 2. The van der Waals surface area contributed by atoms with Crippen LogP contribution < -0.4 is 10.6 Å². The first-order chi connectivity index (χ1) is 14.0. The van der Waals surface area contributed by atoms with E-state index in [2.05, 4.69) is 46.7 Å². The number of hydrogen-bond donors (Lipinski definition) is 2. The van der Waals surface area contributed by atoms with Crippen molar-refractivity contribution in [1.82, 2.24) is 15.5 Å². The monoisotopic (exact) mass is 393 g/mol. The Morgan fingerprint density at radius 2 is 1.38 bits per heavy atom. The summed E-state index contributed by atoms with van der Waals surface area (Å²) >= 11 is 0. The van der Waals surface area contributed by atoms with E-state index in [9.17, 15) is 9.59 Å². The van der Waals surface area contributed by atoms with Gasteiger partial charge in [-0.05, 0) is 60.7 Å². The van der Waals surface area contributed by atoms with E-state index >= 15 is 0 Å². The van der Waals surface area contributed by atoms with E-state index in [-0.39, 0.29) is 11.8 Å². The van der Waals surface area contributed by atoms with Gasteiger partial charge in [-0.15, -0.1) is 0 Å². The van der Waals surface area contributed by atoms with Gasteiger partial charge in [0.2, 0.25) is 5.91 Å². The van der Waals surface area contributed by atoms with Crippen LogP contribution in [0.1, 0.15) is 53.7 Å². The van der Waals surface area contributed by atoms with Gasteiger partial charge in [-0.25, -0.2) is 0 Å². The van der Waals surface area contributed by atoms with Crippen molar-refractivity contribution in [2.75, 3.05) is 13.1 Å². The van der Waals surface area contributed by atoms with Crippen LogP contribution in [-0.2, 0) is 24.4 Å². The molecule has 0 spiro atoms. The van der Waals surface area contributed by atoms with Crippen molar-refractivity contribution in [1.29, 1.82) is 0 Å². The van der Waals surface area contributed by atoms with E-state index in [1.54, 1.807) is 12.1 Å². The minimum Gasteiger partial charge on any atom is -0.352 e. The van der Waals surface area contributed by atoms with Crippen LogP contribution in [0.5, 0.6) is 0 Å². The molecular weight excluding hydrogens is 362 g/mol. The van der Waals surface area contributed by atoms with Gasteiger partial charge < -0.3 is 10.6 Å². The number of hydrogen-bond acceptors (Lipinski definition) is 3. The average Bonchev–Trinajstić information content (AvgIpc) is 2.73. The number of carbonyl (C=O) groups is 2. The number of nitrogens with zero attached hydrogens (tertiary/aromatic N) is 1. The summed E-state index contributed by atoms with van der Waals surface area (Å²) in [7, 11) is 0. The van der Waals surface area contributed by atoms with E-state index in [1.807, 2.05) is 12.1 Å². The molecule has 1 aliphatic rings. The topological polar surface area (TPSA) is 61.4 Å². The first-order valence-corrected chi connectivity index (χ1v) is 10.4. The summed E-state index contributed by atoms with van der Waals surface area (Å²) in [4.78, 5) is 25.9. The zero-order valence-corrected chi connectivity index (χ0v) is 17.4. The number of benzene rings is 2. The van der Waals surface area contributed by atoms with Crippen LogP contribution in [0.4, 0.5) is 0 Å². The highest BCUT2D eigenvalue weighted by Crippen LogP contribution is 2.18. The summed E-state index contributed by atoms with van der Waals surface area (Å²) in [5.41, 5.74) is 4.00. The lowest BCUT2D eigenvalue weighted by atomic mass is 9.99. The Bertz CT molecular complexity index is 807. The van der Waals surface area contributed by atoms with Crippen molar-refractivity contribution in [3.8, 4) is 0 Å². The Balaban J connectivity index is 1.45. The van der Waals surface area contributed by atoms with Gasteiger partial charge in [-0.1, -0.05) is 43.3 Å². The van der Waals surface area contributed by atoms with E-state index < -0.39 is 0 Å². The highest BCUT2D eigenvalue weighted by Gasteiger charge is 2.15. The number of nitrogens with one attached hydrogen (secondary N) is 2. The second-order valence-corrected chi connectivity index (χ2v) is 8.06. The zero-order valence-electron chi connectivity index (χ0n) is 17.4. The van der Waals surface area contributed by atoms with Gasteiger partial charge in [-0.3, -0.25) is 14.5 Å². The van der Waals surface area contributed by atoms with Gasteiger partial charge in [0, 0.05) is 32.1 Å². The molecule has 0 unspecified atom stereocenters. The maximum Gasteiger partial charge on any atom is 0.251 e. The first kappa shape index (κ1) is 21.1. The predicted molar refractivity (Wildman–Crippen MR) is 115 cm³/mol. The number of rotatable bonds is 7. The molecule has 1 saturated heterocycles. The van der Waals surface area contributed by atoms with E-state index in [4.69, 9.17) is 0 Å². The van der Waals surface area contributed by atoms with Gasteiger partial charge in [0.1, 0.15) is 0 Å². The normalized spacial score (nSPS) is 15.1. The summed E-state index contributed by atoms with van der Waals surface area (Å²) in [6, 6.07) is 15.8. The Hall–Kier alpha value is -2.66. The maximum absolute atomic E-state index is 12.4. The van der Waals surface area contributed by atoms with E-state index in [0.717, 1.165) is 23.6 Å². The standard InChI is InChI=1S/C24H31N3O2/c1-18-11-13-27(14-12-18)17-22-5-3-20(4-6-22)16-26-24(29)23-9-7-21(8-10-23)15-25-19(2)28/h3-10,18H,11-17H2,1-2H3,(H,25,28)(H,26,29). The summed E-state index contributed by atoms with van der Waals surface area (Å²) in [6.45, 7) is 8.17. The van der Waals surface area contributed by atoms with Gasteiger partial charge in [0.25, 0.3) is 5.91 Å². The molecule has 2 aromatic rings. The lowest BCUT2D eigenvalue weighted by Gasteiger charge is -2.30. The van der Waals surface area contributed by atoms with Crippen molar-refractivity contribution >= 4 is 11.8 Å². The van der Waals surface area contributed by atoms with Crippen LogP contribution in [0.25, 0.3) is 0 Å². The van der Waals surface area contributed by atoms with Crippen LogP contribution in [-0.4, -0.2) is 29.8 Å². The molecule has 0 radical (unpaired) electrons. The van der Waals surface area contributed by atoms with Crippen LogP contribution >= 0.6 is 0 Å². The summed E-state index contributed by atoms with van der Waals surface area (Å²) in [5, 5.41) is 5.72. The van der Waals surface area contributed by atoms with Gasteiger partial charge >= 0.3 is 0 Å². The third-order valence-electron chi connectivity index (χ3n) is 5.52. The smallest absolute Gasteiger partial charge is 0.251 e. The first-order valence-electron chi connectivity index (χ1n) is 10.4. The lowest BCUT2D eigenvalue weighted by Crippen LogP contribution is -2.32. The van der Waals surface area contributed by atoms with Crippen molar-refractivity contribution in [2.24, 2.45) is 5.92 Å². The third kappa shape index (κ3) is 6.71. The summed E-state index contributed by atoms with van der Waals surface area (Å²) in [5.74, 6) is 0.691. The van der Waals surface area contributed by atoms with Crippen LogP contribution in [0, 0.1) is 5.92 Å². The van der Waals surface area contributed by atoms with Crippen molar-refractivity contribution in [2.45, 2.75) is 46.3 Å². The summed E-state index contributed by atoms with van der Waals surface area (Å²) in [6.07, 6.45) is 2.58. The molecule has 1 heterocycles. The van der Waals surface area contributed by atoms with Crippen molar-refractivity contribution in [3.63, 3.8) is 0 Å². The van der Waals surface area contributed by atoms with Crippen molar-refractivity contribution < 1.29 is 9.59 Å². The maximum atomic E-state index is 12.4. The number of likely N-dealkylation sites (tertiary alicyclic amines) is 1. The van der Waals surface area contributed by atoms with Gasteiger partial charge in [0.05, 0.1) is 0 Å². The quantitative estimate of drug-likeness (QED) is 0.757. The molecule has 5 nitrogen and oxygen atoms in total. The minimum absolute atomic E-state index is 0.0663. The molecule has 154 valence electrons. The Morgan fingerprint density at radius 3 is 1.97 bits per heavy atom. The second-order valence-electron chi connectivity index (χ2n) is 8.06. The van der Waals surface area contributed by atoms with Crippen LogP contribution in [0.3, 0.4) is 0 Å². The molecule has 2 N–H and O–H groups in total. The second kappa shape index (κ2) is 10.2. The number of amides is 2. The minimum atomic E-state index is -0.0948. The van der Waals surface area contributed by atoms with Gasteiger partial charge in [-0.2, -0.15) is 0 Å². The lowest BCUT2D eigenvalue weighted by molar-refractivity contribution is -0.119. The molecule has 29 heavy (non-hydrogen) atoms. The highest BCUT2D eigenvalue weighted by molar-refractivity contribution is 5.94. The summed E-state index contributed by atoms with van der Waals surface area (Å²) < 4.78 is 0. The molecule has 0 atom stereocenters. The van der Waals surface area contributed by atoms with Crippen LogP contribution in [0.2, 0.25) is 0 Å². The molecule has 5 heteroatoms. The van der Waals surface area contributed by atoms with E-state index in [1.165, 1.54) is 38.4 Å². The fourth-order valence-corrected chi connectivity index (χ4v) is 3.53. The van der Waals surface area contributed by atoms with Gasteiger partial charge in [0.15, 0.2) is 0 Å². The molecule has 1 aliphatic heterocycles. The molecular formula is C24H31N3O2. The molecule has 2 aromatic carbocycles. The third-order valence-corrected chi connectivity index (χ3v) is 5.52. The molecule has 2 amide bonds. The largest absolute Gasteiger partial charge is 0.352 e. The zero-order chi connectivity index (χ0) is 20.6. The SMILES string of the molecule is CC(=O)NCc1ccc(C(=O)NCc2ccc(CN3CCC(C)CC3)cc2)cc1. The highest BCUT2D eigenvalue weighted by atomic mass is 16.2. The predicted octanol–water partition coefficient (Wildman–Crippen LogP) is 3.48. The van der Waals surface area contributed by atoms with Crippen molar-refractivity contribution in [3.05, 3.63) is 70.8 Å². The molecule has 0 saturated carbocycles. The van der Waals surface area contributed by atoms with Crippen LogP contribution in [0.15, 0.2) is 48.5 Å². The molecule has 1 fully saturated rings. The molecule has 3 rings (SSSR count). The number of piperidine rings is 1. The molecule has 0 aliphatic carbocycles. The molecule has 0 aromatic heterocycles. The Morgan fingerprint density at radius 1 is 0.862 bits per heavy atom. The fourth-order valence-electron chi connectivity index (χ4n) is 3.53. The fraction of sp³-hybridized carbons (Fsp3) is 0.417.